The van der Waals surface area contributed by atoms with Crippen LogP contribution >= 0.6 is 15.9 Å². The Morgan fingerprint density at radius 3 is 2.50 bits per heavy atom. The van der Waals surface area contributed by atoms with Crippen LogP contribution in [0.4, 0.5) is 0 Å². The van der Waals surface area contributed by atoms with Crippen LogP contribution in [-0.2, 0) is 9.53 Å². The van der Waals surface area contributed by atoms with Crippen LogP contribution in [0, 0.1) is 5.92 Å². The van der Waals surface area contributed by atoms with Crippen molar-refractivity contribution in [3.63, 3.8) is 0 Å². The second-order valence-corrected chi connectivity index (χ2v) is 4.72. The lowest BCUT2D eigenvalue weighted by Crippen LogP contribution is -2.39. The number of carbonyl (C=O) groups excluding carboxylic acids is 1. The number of hydrogen-bond acceptors (Lipinski definition) is 3. The molecule has 0 rings (SSSR count). The predicted octanol–water partition coefficient (Wildman–Crippen LogP) is 2.07. The van der Waals surface area contributed by atoms with Gasteiger partial charge in [0.25, 0.3) is 0 Å². The maximum absolute atomic E-state index is 11.3. The van der Waals surface area contributed by atoms with Gasteiger partial charge in [0.1, 0.15) is 6.04 Å². The summed E-state index contributed by atoms with van der Waals surface area (Å²) in [6.07, 6.45) is 0.771. The van der Waals surface area contributed by atoms with Crippen molar-refractivity contribution in [2.75, 3.05) is 13.7 Å². The van der Waals surface area contributed by atoms with E-state index in [1.165, 1.54) is 7.11 Å². The number of ether oxygens (including phenoxy) is 1. The van der Waals surface area contributed by atoms with Crippen molar-refractivity contribution in [3.05, 3.63) is 11.1 Å². The monoisotopic (exact) mass is 263 g/mol. The molecule has 14 heavy (non-hydrogen) atoms. The Hall–Kier alpha value is -0.350. The first-order valence-corrected chi connectivity index (χ1v) is 5.41. The fourth-order valence-electron chi connectivity index (χ4n) is 1.11. The summed E-state index contributed by atoms with van der Waals surface area (Å²) >= 11 is 3.23. The standard InChI is InChI=1S/C10H18BrNO2/c1-7(2)5-9(10(13)14-4)12-6-8(3)11/h7,9,12H,3,5-6H2,1-2,4H3. The van der Waals surface area contributed by atoms with Crippen LogP contribution in [0.25, 0.3) is 0 Å². The lowest BCUT2D eigenvalue weighted by molar-refractivity contribution is -0.143. The van der Waals surface area contributed by atoms with Gasteiger partial charge in [0, 0.05) is 11.0 Å². The van der Waals surface area contributed by atoms with Gasteiger partial charge in [-0.15, -0.1) is 0 Å². The lowest BCUT2D eigenvalue weighted by atomic mass is 10.0. The molecule has 82 valence electrons. The summed E-state index contributed by atoms with van der Waals surface area (Å²) in [7, 11) is 1.40. The molecule has 0 aromatic carbocycles. The van der Waals surface area contributed by atoms with Crippen molar-refractivity contribution < 1.29 is 9.53 Å². The van der Waals surface area contributed by atoms with E-state index in [1.807, 2.05) is 0 Å². The van der Waals surface area contributed by atoms with Crippen molar-refractivity contribution in [1.82, 2.24) is 5.32 Å². The molecule has 0 spiro atoms. The highest BCUT2D eigenvalue weighted by molar-refractivity contribution is 9.11. The molecule has 0 aliphatic rings. The number of hydrogen-bond donors (Lipinski definition) is 1. The zero-order chi connectivity index (χ0) is 11.1. The minimum atomic E-state index is -0.241. The van der Waals surface area contributed by atoms with Crippen LogP contribution in [-0.4, -0.2) is 25.7 Å². The van der Waals surface area contributed by atoms with Crippen LogP contribution in [0.3, 0.4) is 0 Å². The molecule has 4 heteroatoms. The smallest absolute Gasteiger partial charge is 0.322 e. The summed E-state index contributed by atoms with van der Waals surface area (Å²) in [5.41, 5.74) is 0. The summed E-state index contributed by atoms with van der Waals surface area (Å²) < 4.78 is 5.53. The van der Waals surface area contributed by atoms with Gasteiger partial charge in [-0.25, -0.2) is 0 Å². The average molecular weight is 264 g/mol. The highest BCUT2D eigenvalue weighted by Gasteiger charge is 2.19. The SMILES string of the molecule is C=C(Br)CNC(CC(C)C)C(=O)OC. The molecule has 1 unspecified atom stereocenters. The zero-order valence-electron chi connectivity index (χ0n) is 8.97. The number of nitrogens with one attached hydrogen (secondary N) is 1. The topological polar surface area (TPSA) is 38.3 Å². The number of carbonyl (C=O) groups is 1. The molecule has 0 aliphatic carbocycles. The third-order valence-electron chi connectivity index (χ3n) is 1.73. The van der Waals surface area contributed by atoms with Gasteiger partial charge < -0.3 is 4.74 Å². The number of esters is 1. The summed E-state index contributed by atoms with van der Waals surface area (Å²) in [6.45, 7) is 8.41. The Labute approximate surface area is 94.0 Å². The largest absolute Gasteiger partial charge is 0.468 e. The van der Waals surface area contributed by atoms with Crippen molar-refractivity contribution >= 4 is 21.9 Å². The molecule has 0 aromatic rings. The Morgan fingerprint density at radius 1 is 1.57 bits per heavy atom. The number of halogens is 1. The third-order valence-corrected chi connectivity index (χ3v) is 2.01. The first-order valence-electron chi connectivity index (χ1n) is 4.61. The van der Waals surface area contributed by atoms with E-state index in [0.717, 1.165) is 10.9 Å². The molecule has 0 fully saturated rings. The number of rotatable bonds is 6. The Kier molecular flexibility index (Phi) is 6.83. The fraction of sp³-hybridized carbons (Fsp3) is 0.700. The van der Waals surface area contributed by atoms with Gasteiger partial charge in [-0.05, 0) is 12.3 Å². The molecule has 0 aliphatic heterocycles. The van der Waals surface area contributed by atoms with E-state index in [9.17, 15) is 4.79 Å². The first-order chi connectivity index (χ1) is 6.47. The van der Waals surface area contributed by atoms with Gasteiger partial charge in [0.2, 0.25) is 0 Å². The highest BCUT2D eigenvalue weighted by atomic mass is 79.9. The molecule has 0 heterocycles. The molecule has 0 aromatic heterocycles. The molecule has 3 nitrogen and oxygen atoms in total. The van der Waals surface area contributed by atoms with Crippen LogP contribution in [0.15, 0.2) is 11.1 Å². The summed E-state index contributed by atoms with van der Waals surface area (Å²) in [5.74, 6) is 0.239. The zero-order valence-corrected chi connectivity index (χ0v) is 10.6. The third kappa shape index (κ3) is 6.16. The quantitative estimate of drug-likeness (QED) is 0.746. The minimum Gasteiger partial charge on any atom is -0.468 e. The second-order valence-electron chi connectivity index (χ2n) is 3.60. The van der Waals surface area contributed by atoms with Crippen LogP contribution in [0.1, 0.15) is 20.3 Å². The maximum atomic E-state index is 11.3. The molecule has 1 N–H and O–H groups in total. The van der Waals surface area contributed by atoms with Crippen molar-refractivity contribution in [3.8, 4) is 0 Å². The highest BCUT2D eigenvalue weighted by Crippen LogP contribution is 2.07. The molecular formula is C10H18BrNO2. The summed E-state index contributed by atoms with van der Waals surface area (Å²) in [4.78, 5) is 11.3. The predicted molar refractivity (Wildman–Crippen MR) is 61.3 cm³/mol. The molecular weight excluding hydrogens is 246 g/mol. The fourth-order valence-corrected chi connectivity index (χ4v) is 1.27. The molecule has 0 saturated heterocycles. The van der Waals surface area contributed by atoms with Gasteiger partial charge in [-0.3, -0.25) is 10.1 Å². The van der Waals surface area contributed by atoms with Crippen LogP contribution in [0.2, 0.25) is 0 Å². The summed E-state index contributed by atoms with van der Waals surface area (Å²) in [5, 5.41) is 3.08. The maximum Gasteiger partial charge on any atom is 0.322 e. The number of methoxy groups -OCH3 is 1. The van der Waals surface area contributed by atoms with E-state index >= 15 is 0 Å². The Balaban J connectivity index is 4.10. The lowest BCUT2D eigenvalue weighted by Gasteiger charge is -2.17. The minimum absolute atomic E-state index is 0.215. The van der Waals surface area contributed by atoms with Gasteiger partial charge in [0.15, 0.2) is 0 Å². The molecule has 0 bridgehead atoms. The molecule has 0 saturated carbocycles. The average Bonchev–Trinajstić information content (AvgIpc) is 2.10. The normalized spacial score (nSPS) is 12.6. The van der Waals surface area contributed by atoms with E-state index in [0.29, 0.717) is 12.5 Å². The van der Waals surface area contributed by atoms with E-state index in [4.69, 9.17) is 4.74 Å². The first kappa shape index (κ1) is 13.7. The van der Waals surface area contributed by atoms with Gasteiger partial charge >= 0.3 is 5.97 Å². The second kappa shape index (κ2) is 7.01. The Morgan fingerprint density at radius 2 is 2.14 bits per heavy atom. The van der Waals surface area contributed by atoms with Crippen molar-refractivity contribution in [2.24, 2.45) is 5.92 Å². The molecule has 0 radical (unpaired) electrons. The van der Waals surface area contributed by atoms with E-state index < -0.39 is 0 Å². The van der Waals surface area contributed by atoms with E-state index in [-0.39, 0.29) is 12.0 Å². The van der Waals surface area contributed by atoms with Gasteiger partial charge in [-0.2, -0.15) is 0 Å². The van der Waals surface area contributed by atoms with E-state index in [2.05, 4.69) is 41.7 Å². The van der Waals surface area contributed by atoms with Crippen molar-refractivity contribution in [1.29, 1.82) is 0 Å². The van der Waals surface area contributed by atoms with Crippen LogP contribution < -0.4 is 5.32 Å². The van der Waals surface area contributed by atoms with Gasteiger partial charge in [-0.1, -0.05) is 36.4 Å². The Bertz CT molecular complexity index is 204. The van der Waals surface area contributed by atoms with E-state index in [1.54, 1.807) is 0 Å². The van der Waals surface area contributed by atoms with Gasteiger partial charge in [0.05, 0.1) is 7.11 Å². The summed E-state index contributed by atoms with van der Waals surface area (Å²) in [6, 6.07) is -0.241. The molecule has 1 atom stereocenters. The van der Waals surface area contributed by atoms with Crippen LogP contribution in [0.5, 0.6) is 0 Å². The molecule has 0 amide bonds. The van der Waals surface area contributed by atoms with Crippen molar-refractivity contribution in [2.45, 2.75) is 26.3 Å².